The number of nitriles is 1. The number of fused-ring (bicyclic) bond motifs is 1. The Morgan fingerprint density at radius 2 is 2.30 bits per heavy atom. The van der Waals surface area contributed by atoms with Crippen LogP contribution in [-0.2, 0) is 6.54 Å². The van der Waals surface area contributed by atoms with Crippen LogP contribution in [0.3, 0.4) is 0 Å². The molecular formula is C18H22N4O. The number of pyridine rings is 1. The largest absolute Gasteiger partial charge is 0.296 e. The molecule has 23 heavy (non-hydrogen) atoms. The molecule has 0 unspecified atom stereocenters. The summed E-state index contributed by atoms with van der Waals surface area (Å²) in [5, 5.41) is 8.86. The van der Waals surface area contributed by atoms with Gasteiger partial charge in [0.05, 0.1) is 11.8 Å². The van der Waals surface area contributed by atoms with Gasteiger partial charge in [-0.25, -0.2) is 4.98 Å². The first-order valence-electron chi connectivity index (χ1n) is 8.24. The third kappa shape index (κ3) is 3.59. The molecule has 1 saturated carbocycles. The third-order valence-corrected chi connectivity index (χ3v) is 4.61. The number of nitrogens with zero attached hydrogens (tertiary/aromatic N) is 4. The zero-order chi connectivity index (χ0) is 16.2. The summed E-state index contributed by atoms with van der Waals surface area (Å²) in [6.07, 6.45) is 6.12. The van der Waals surface area contributed by atoms with Crippen molar-refractivity contribution >= 4 is 5.65 Å². The minimum absolute atomic E-state index is 0.0439. The van der Waals surface area contributed by atoms with Crippen molar-refractivity contribution in [2.24, 2.45) is 5.92 Å². The lowest BCUT2D eigenvalue weighted by atomic mass is 9.85. The molecule has 0 aromatic carbocycles. The van der Waals surface area contributed by atoms with Crippen molar-refractivity contribution in [2.45, 2.75) is 39.2 Å². The van der Waals surface area contributed by atoms with Gasteiger partial charge in [-0.05, 0) is 37.3 Å². The highest BCUT2D eigenvalue weighted by Crippen LogP contribution is 2.27. The van der Waals surface area contributed by atoms with Crippen LogP contribution in [0.4, 0.5) is 0 Å². The Kier molecular flexibility index (Phi) is 4.73. The molecule has 0 spiro atoms. The van der Waals surface area contributed by atoms with Gasteiger partial charge in [0, 0.05) is 38.3 Å². The van der Waals surface area contributed by atoms with Gasteiger partial charge in [-0.2, -0.15) is 5.26 Å². The van der Waals surface area contributed by atoms with E-state index in [4.69, 9.17) is 5.26 Å². The van der Waals surface area contributed by atoms with Crippen LogP contribution in [0.2, 0.25) is 0 Å². The van der Waals surface area contributed by atoms with Crippen LogP contribution < -0.4 is 5.56 Å². The fraction of sp³-hybridized carbons (Fsp3) is 0.500. The number of rotatable bonds is 6. The van der Waals surface area contributed by atoms with Crippen LogP contribution in [0.25, 0.3) is 5.65 Å². The maximum absolute atomic E-state index is 12.3. The second-order valence-corrected chi connectivity index (χ2v) is 6.41. The SMILES string of the molecule is Cc1cccn2c(=O)cc(CN(CCC#N)CC3CCC3)nc12. The van der Waals surface area contributed by atoms with E-state index in [1.54, 1.807) is 16.7 Å². The van der Waals surface area contributed by atoms with Gasteiger partial charge >= 0.3 is 0 Å². The molecule has 3 rings (SSSR count). The first kappa shape index (κ1) is 15.7. The summed E-state index contributed by atoms with van der Waals surface area (Å²) in [6, 6.07) is 7.66. The van der Waals surface area contributed by atoms with Gasteiger partial charge in [-0.1, -0.05) is 12.5 Å². The average molecular weight is 310 g/mol. The van der Waals surface area contributed by atoms with Gasteiger partial charge in [0.25, 0.3) is 5.56 Å². The molecule has 0 atom stereocenters. The molecule has 1 aliphatic carbocycles. The molecule has 0 aliphatic heterocycles. The Balaban J connectivity index is 1.83. The van der Waals surface area contributed by atoms with Gasteiger partial charge in [-0.3, -0.25) is 14.1 Å². The van der Waals surface area contributed by atoms with Gasteiger partial charge in [0.2, 0.25) is 0 Å². The van der Waals surface area contributed by atoms with Gasteiger partial charge in [-0.15, -0.1) is 0 Å². The van der Waals surface area contributed by atoms with Crippen LogP contribution in [0.15, 0.2) is 29.2 Å². The summed E-state index contributed by atoms with van der Waals surface area (Å²) >= 11 is 0. The minimum atomic E-state index is -0.0439. The molecule has 1 aliphatic rings. The average Bonchev–Trinajstić information content (AvgIpc) is 2.49. The molecule has 2 aromatic rings. The van der Waals surface area contributed by atoms with E-state index >= 15 is 0 Å². The molecule has 0 amide bonds. The monoisotopic (exact) mass is 310 g/mol. The highest BCUT2D eigenvalue weighted by molar-refractivity contribution is 5.46. The van der Waals surface area contributed by atoms with Crippen LogP contribution in [0.5, 0.6) is 0 Å². The fourth-order valence-electron chi connectivity index (χ4n) is 3.10. The first-order valence-corrected chi connectivity index (χ1v) is 8.24. The minimum Gasteiger partial charge on any atom is -0.296 e. The lowest BCUT2D eigenvalue weighted by Gasteiger charge is -2.31. The summed E-state index contributed by atoms with van der Waals surface area (Å²) in [7, 11) is 0. The van der Waals surface area contributed by atoms with Gasteiger partial charge < -0.3 is 0 Å². The van der Waals surface area contributed by atoms with Gasteiger partial charge in [0.1, 0.15) is 5.65 Å². The highest BCUT2D eigenvalue weighted by atomic mass is 16.1. The van der Waals surface area contributed by atoms with E-state index in [2.05, 4.69) is 16.0 Å². The smallest absolute Gasteiger partial charge is 0.258 e. The van der Waals surface area contributed by atoms with Crippen molar-refractivity contribution in [1.82, 2.24) is 14.3 Å². The van der Waals surface area contributed by atoms with E-state index in [9.17, 15) is 4.79 Å². The van der Waals surface area contributed by atoms with Crippen molar-refractivity contribution < 1.29 is 0 Å². The Bertz CT molecular complexity index is 786. The Morgan fingerprint density at radius 1 is 1.48 bits per heavy atom. The third-order valence-electron chi connectivity index (χ3n) is 4.61. The van der Waals surface area contributed by atoms with Crippen molar-refractivity contribution in [3.63, 3.8) is 0 Å². The van der Waals surface area contributed by atoms with Crippen LogP contribution >= 0.6 is 0 Å². The maximum Gasteiger partial charge on any atom is 0.258 e. The lowest BCUT2D eigenvalue weighted by Crippen LogP contribution is -2.33. The van der Waals surface area contributed by atoms with Crippen LogP contribution in [0.1, 0.15) is 36.9 Å². The quantitative estimate of drug-likeness (QED) is 0.822. The molecule has 5 nitrogen and oxygen atoms in total. The molecular weight excluding hydrogens is 288 g/mol. The lowest BCUT2D eigenvalue weighted by molar-refractivity contribution is 0.173. The number of aromatic nitrogens is 2. The van der Waals surface area contributed by atoms with E-state index in [0.717, 1.165) is 35.9 Å². The second-order valence-electron chi connectivity index (χ2n) is 6.41. The topological polar surface area (TPSA) is 61.4 Å². The molecule has 1 fully saturated rings. The zero-order valence-electron chi connectivity index (χ0n) is 13.5. The predicted octanol–water partition coefficient (Wildman–Crippen LogP) is 2.52. The summed E-state index contributed by atoms with van der Waals surface area (Å²) < 4.78 is 1.59. The van der Waals surface area contributed by atoms with Crippen molar-refractivity contribution in [3.8, 4) is 6.07 Å². The van der Waals surface area contributed by atoms with Crippen molar-refractivity contribution in [3.05, 3.63) is 46.0 Å². The first-order chi connectivity index (χ1) is 11.2. The molecule has 0 saturated heterocycles. The van der Waals surface area contributed by atoms with E-state index in [1.807, 2.05) is 19.1 Å². The summed E-state index contributed by atoms with van der Waals surface area (Å²) in [5.74, 6) is 0.733. The van der Waals surface area contributed by atoms with Crippen LogP contribution in [-0.4, -0.2) is 27.4 Å². The molecule has 5 heteroatoms. The number of hydrogen-bond donors (Lipinski definition) is 0. The second kappa shape index (κ2) is 6.93. The van der Waals surface area contributed by atoms with E-state index in [0.29, 0.717) is 13.0 Å². The molecule has 0 bridgehead atoms. The Labute approximate surface area is 136 Å². The maximum atomic E-state index is 12.3. The van der Waals surface area contributed by atoms with Gasteiger partial charge in [0.15, 0.2) is 0 Å². The number of aryl methyl sites for hydroxylation is 1. The molecule has 120 valence electrons. The molecule has 0 N–H and O–H groups in total. The number of hydrogen-bond acceptors (Lipinski definition) is 4. The normalized spacial score (nSPS) is 14.8. The molecule has 2 heterocycles. The zero-order valence-corrected chi connectivity index (χ0v) is 13.5. The highest BCUT2D eigenvalue weighted by Gasteiger charge is 2.21. The van der Waals surface area contributed by atoms with E-state index in [1.165, 1.54) is 19.3 Å². The Morgan fingerprint density at radius 3 is 3.00 bits per heavy atom. The molecule has 2 aromatic heterocycles. The molecule has 0 radical (unpaired) electrons. The van der Waals surface area contributed by atoms with E-state index < -0.39 is 0 Å². The van der Waals surface area contributed by atoms with Crippen molar-refractivity contribution in [1.29, 1.82) is 5.26 Å². The summed E-state index contributed by atoms with van der Waals surface area (Å²) in [4.78, 5) is 19.2. The summed E-state index contributed by atoms with van der Waals surface area (Å²) in [6.45, 7) is 4.34. The van der Waals surface area contributed by atoms with E-state index in [-0.39, 0.29) is 5.56 Å². The van der Waals surface area contributed by atoms with Crippen molar-refractivity contribution in [2.75, 3.05) is 13.1 Å². The Hall–Kier alpha value is -2.19. The standard InChI is InChI=1S/C18H22N4O/c1-14-5-3-10-22-17(23)11-16(20-18(14)22)13-21(9-4-8-19)12-15-6-2-7-15/h3,5,10-11,15H,2,4,6-7,9,12-13H2,1H3. The van der Waals surface area contributed by atoms with Crippen LogP contribution in [0, 0.1) is 24.2 Å². The fourth-order valence-corrected chi connectivity index (χ4v) is 3.10. The predicted molar refractivity (Wildman–Crippen MR) is 89.0 cm³/mol. The summed E-state index contributed by atoms with van der Waals surface area (Å²) in [5.41, 5.74) is 2.46.